The fraction of sp³-hybridized carbons (Fsp3) is 0.118. The van der Waals surface area contributed by atoms with Crippen LogP contribution in [0, 0.1) is 10.1 Å². The van der Waals surface area contributed by atoms with E-state index in [0.29, 0.717) is 0 Å². The number of nitro groups is 1. The maximum atomic E-state index is 11.9. The van der Waals surface area contributed by atoms with E-state index in [0.717, 1.165) is 6.07 Å². The van der Waals surface area contributed by atoms with Gasteiger partial charge in [0.05, 0.1) is 9.95 Å². The van der Waals surface area contributed by atoms with E-state index in [1.54, 1.807) is 12.1 Å². The number of ketones is 1. The molecule has 0 bridgehead atoms. The van der Waals surface area contributed by atoms with Crippen molar-refractivity contribution in [1.29, 1.82) is 0 Å². The molecular weight excluding hydrogens is 364 g/mol. The minimum atomic E-state index is -0.829. The van der Waals surface area contributed by atoms with E-state index in [2.05, 4.69) is 5.32 Å². The van der Waals surface area contributed by atoms with Crippen LogP contribution in [-0.4, -0.2) is 35.7 Å². The van der Waals surface area contributed by atoms with Crippen molar-refractivity contribution in [2.75, 3.05) is 13.2 Å². The molecule has 0 fully saturated rings. The average molecular weight is 377 g/mol. The number of rotatable bonds is 7. The molecule has 134 valence electrons. The Morgan fingerprint density at radius 1 is 1.12 bits per heavy atom. The average Bonchev–Trinajstić information content (AvgIpc) is 2.64. The molecule has 0 aliphatic heterocycles. The molecule has 0 aliphatic carbocycles. The highest BCUT2D eigenvalue weighted by Crippen LogP contribution is 2.15. The normalized spacial score (nSPS) is 10.0. The molecule has 0 aliphatic rings. The van der Waals surface area contributed by atoms with Crippen LogP contribution in [0.1, 0.15) is 20.7 Å². The number of hydrogen-bond acceptors (Lipinski definition) is 6. The molecule has 8 nitrogen and oxygen atoms in total. The highest BCUT2D eigenvalue weighted by atomic mass is 35.5. The number of amides is 1. The number of benzene rings is 2. The number of hydrogen-bond donors (Lipinski definition) is 1. The van der Waals surface area contributed by atoms with E-state index in [1.807, 2.05) is 0 Å². The Balaban J connectivity index is 1.84. The number of carbonyl (C=O) groups excluding carboxylic acids is 3. The smallest absolute Gasteiger partial charge is 0.325 e. The van der Waals surface area contributed by atoms with Crippen LogP contribution in [0.4, 0.5) is 5.69 Å². The summed E-state index contributed by atoms with van der Waals surface area (Å²) in [5.74, 6) is -1.98. The van der Waals surface area contributed by atoms with Crippen molar-refractivity contribution in [1.82, 2.24) is 5.32 Å². The van der Waals surface area contributed by atoms with E-state index in [9.17, 15) is 24.5 Å². The Hall–Kier alpha value is -3.26. The quantitative estimate of drug-likeness (QED) is 0.343. The topological polar surface area (TPSA) is 116 Å². The Bertz CT molecular complexity index is 868. The summed E-state index contributed by atoms with van der Waals surface area (Å²) in [5.41, 5.74) is 0.00676. The lowest BCUT2D eigenvalue weighted by atomic mass is 10.1. The second-order valence-corrected chi connectivity index (χ2v) is 5.46. The molecule has 0 unspecified atom stereocenters. The summed E-state index contributed by atoms with van der Waals surface area (Å²) in [4.78, 5) is 45.5. The van der Waals surface area contributed by atoms with Crippen molar-refractivity contribution in [3.05, 3.63) is 74.8 Å². The lowest BCUT2D eigenvalue weighted by Crippen LogP contribution is -2.31. The van der Waals surface area contributed by atoms with Gasteiger partial charge in [0.15, 0.2) is 6.61 Å². The number of halogens is 1. The van der Waals surface area contributed by atoms with E-state index < -0.39 is 35.7 Å². The number of esters is 1. The second-order valence-electron chi connectivity index (χ2n) is 5.05. The SMILES string of the molecule is O=C(CNC(=O)c1cccc([N+](=O)[O-])c1)OCC(=O)c1ccccc1Cl. The third-order valence-corrected chi connectivity index (χ3v) is 3.58. The molecule has 26 heavy (non-hydrogen) atoms. The number of nitro benzene ring substituents is 1. The summed E-state index contributed by atoms with van der Waals surface area (Å²) in [6.45, 7) is -1.01. The molecule has 2 rings (SSSR count). The molecule has 0 atom stereocenters. The molecule has 0 aromatic heterocycles. The standard InChI is InChI=1S/C17H13ClN2O6/c18-14-7-2-1-6-13(14)15(21)10-26-16(22)9-19-17(23)11-4-3-5-12(8-11)20(24)25/h1-8H,9-10H2,(H,19,23). The Kier molecular flexibility index (Phi) is 6.40. The van der Waals surface area contributed by atoms with Crippen molar-refractivity contribution < 1.29 is 24.0 Å². The zero-order valence-electron chi connectivity index (χ0n) is 13.3. The van der Waals surface area contributed by atoms with Gasteiger partial charge in [-0.2, -0.15) is 0 Å². The van der Waals surface area contributed by atoms with Crippen LogP contribution < -0.4 is 5.32 Å². The van der Waals surface area contributed by atoms with Crippen LogP contribution in [0.25, 0.3) is 0 Å². The maximum absolute atomic E-state index is 11.9. The van der Waals surface area contributed by atoms with Crippen LogP contribution in [0.5, 0.6) is 0 Å². The molecule has 0 spiro atoms. The maximum Gasteiger partial charge on any atom is 0.325 e. The highest BCUT2D eigenvalue weighted by Gasteiger charge is 2.15. The molecule has 2 aromatic carbocycles. The van der Waals surface area contributed by atoms with Gasteiger partial charge in [-0.25, -0.2) is 0 Å². The third-order valence-electron chi connectivity index (χ3n) is 3.25. The highest BCUT2D eigenvalue weighted by molar-refractivity contribution is 6.34. The first kappa shape index (κ1) is 19.1. The minimum absolute atomic E-state index is 0.0270. The van der Waals surface area contributed by atoms with Gasteiger partial charge in [0.25, 0.3) is 11.6 Å². The Morgan fingerprint density at radius 2 is 1.85 bits per heavy atom. The monoisotopic (exact) mass is 376 g/mol. The zero-order chi connectivity index (χ0) is 19.1. The number of ether oxygens (including phenoxy) is 1. The first-order valence-electron chi connectivity index (χ1n) is 7.34. The molecule has 1 N–H and O–H groups in total. The second kappa shape index (κ2) is 8.72. The van der Waals surface area contributed by atoms with Gasteiger partial charge >= 0.3 is 5.97 Å². The largest absolute Gasteiger partial charge is 0.456 e. The van der Waals surface area contributed by atoms with Crippen LogP contribution in [-0.2, 0) is 9.53 Å². The van der Waals surface area contributed by atoms with Gasteiger partial charge in [-0.05, 0) is 18.2 Å². The number of non-ortho nitro benzene ring substituents is 1. The molecule has 0 radical (unpaired) electrons. The fourth-order valence-electron chi connectivity index (χ4n) is 1.98. The fourth-order valence-corrected chi connectivity index (χ4v) is 2.22. The van der Waals surface area contributed by atoms with E-state index >= 15 is 0 Å². The molecule has 0 saturated carbocycles. The third kappa shape index (κ3) is 5.12. The zero-order valence-corrected chi connectivity index (χ0v) is 14.1. The molecule has 1 amide bonds. The molecule has 2 aromatic rings. The van der Waals surface area contributed by atoms with Gasteiger partial charge in [-0.15, -0.1) is 0 Å². The van der Waals surface area contributed by atoms with Crippen molar-refractivity contribution in [2.45, 2.75) is 0 Å². The van der Waals surface area contributed by atoms with Crippen LogP contribution in [0.15, 0.2) is 48.5 Å². The molecular formula is C17H13ClN2O6. The summed E-state index contributed by atoms with van der Waals surface area (Å²) in [7, 11) is 0. The minimum Gasteiger partial charge on any atom is -0.456 e. The van der Waals surface area contributed by atoms with Gasteiger partial charge < -0.3 is 10.1 Å². The summed E-state index contributed by atoms with van der Waals surface area (Å²) in [5, 5.41) is 13.2. The Morgan fingerprint density at radius 3 is 2.54 bits per heavy atom. The van der Waals surface area contributed by atoms with Crippen molar-refractivity contribution in [2.24, 2.45) is 0 Å². The first-order chi connectivity index (χ1) is 12.4. The predicted octanol–water partition coefficient (Wildman–Crippen LogP) is 2.40. The van der Waals surface area contributed by atoms with Crippen LogP contribution in [0.2, 0.25) is 5.02 Å². The van der Waals surface area contributed by atoms with Gasteiger partial charge in [-0.1, -0.05) is 29.8 Å². The summed E-state index contributed by atoms with van der Waals surface area (Å²) in [6, 6.07) is 11.4. The molecule has 0 heterocycles. The number of Topliss-reactive ketones (excluding diaryl/α,β-unsaturated/α-hetero) is 1. The number of nitrogens with zero attached hydrogens (tertiary/aromatic N) is 1. The molecule has 9 heteroatoms. The summed E-state index contributed by atoms with van der Waals surface area (Å²) in [6.07, 6.45) is 0. The van der Waals surface area contributed by atoms with Crippen molar-refractivity contribution in [3.63, 3.8) is 0 Å². The van der Waals surface area contributed by atoms with Crippen molar-refractivity contribution in [3.8, 4) is 0 Å². The van der Waals surface area contributed by atoms with Gasteiger partial charge in [-0.3, -0.25) is 24.5 Å². The lowest BCUT2D eigenvalue weighted by Gasteiger charge is -2.07. The van der Waals surface area contributed by atoms with Crippen molar-refractivity contribution >= 4 is 34.9 Å². The van der Waals surface area contributed by atoms with Gasteiger partial charge in [0.1, 0.15) is 6.54 Å². The number of nitrogens with one attached hydrogen (secondary N) is 1. The van der Waals surface area contributed by atoms with E-state index in [-0.39, 0.29) is 21.8 Å². The lowest BCUT2D eigenvalue weighted by molar-refractivity contribution is -0.384. The summed E-state index contributed by atoms with van der Waals surface area (Å²) < 4.78 is 4.79. The number of carbonyl (C=O) groups is 3. The first-order valence-corrected chi connectivity index (χ1v) is 7.72. The summed E-state index contributed by atoms with van der Waals surface area (Å²) >= 11 is 5.87. The van der Waals surface area contributed by atoms with Crippen LogP contribution >= 0.6 is 11.6 Å². The predicted molar refractivity (Wildman–Crippen MR) is 92.2 cm³/mol. The van der Waals surface area contributed by atoms with E-state index in [1.165, 1.54) is 30.3 Å². The molecule has 0 saturated heterocycles. The van der Waals surface area contributed by atoms with Gasteiger partial charge in [0, 0.05) is 23.3 Å². The van der Waals surface area contributed by atoms with Crippen LogP contribution in [0.3, 0.4) is 0 Å². The Labute approximate surface area is 152 Å². The van der Waals surface area contributed by atoms with E-state index in [4.69, 9.17) is 16.3 Å². The van der Waals surface area contributed by atoms with Gasteiger partial charge in [0.2, 0.25) is 5.78 Å².